The Labute approximate surface area is 149 Å². The fourth-order valence-corrected chi connectivity index (χ4v) is 7.02. The maximum Gasteiger partial charge on any atom is 0.174 e. The number of likely N-dealkylation sites (tertiary alicyclic amines) is 1. The zero-order chi connectivity index (χ0) is 17.6. The number of ether oxygens (including phenoxy) is 1. The highest BCUT2D eigenvalue weighted by atomic mass is 16.5. The summed E-state index contributed by atoms with van der Waals surface area (Å²) in [6.45, 7) is 5.63. The van der Waals surface area contributed by atoms with Crippen LogP contribution in [0.1, 0.15) is 50.7 Å². The van der Waals surface area contributed by atoms with Crippen molar-refractivity contribution in [3.05, 3.63) is 23.3 Å². The molecule has 2 aliphatic carbocycles. The van der Waals surface area contributed by atoms with Gasteiger partial charge in [-0.25, -0.2) is 0 Å². The molecular formula is C21H27NO3. The lowest BCUT2D eigenvalue weighted by Gasteiger charge is -2.67. The van der Waals surface area contributed by atoms with Gasteiger partial charge >= 0.3 is 0 Å². The van der Waals surface area contributed by atoms with Crippen molar-refractivity contribution >= 4 is 5.78 Å². The van der Waals surface area contributed by atoms with Gasteiger partial charge in [0.25, 0.3) is 0 Å². The van der Waals surface area contributed by atoms with Gasteiger partial charge in [0, 0.05) is 23.4 Å². The minimum atomic E-state index is -0.409. The fraction of sp³-hybridized carbons (Fsp3) is 0.667. The van der Waals surface area contributed by atoms with Crippen molar-refractivity contribution in [2.24, 2.45) is 11.3 Å². The molecule has 2 bridgehead atoms. The standard InChI is InChI=1S/C21H27NO3/c1-4-12(2)20-8-7-15(24)19-21(20)9-10-22(3)16(20)11-13-5-6-14(23)18(25-19)17(13)21/h5-6,12,16,19,23H,4,7-11H2,1-3H3. The van der Waals surface area contributed by atoms with Crippen LogP contribution in [0.4, 0.5) is 0 Å². The van der Waals surface area contributed by atoms with Gasteiger partial charge in [-0.15, -0.1) is 0 Å². The normalized spacial score (nSPS) is 39.7. The lowest BCUT2D eigenvalue weighted by Crippen LogP contribution is -2.73. The lowest BCUT2D eigenvalue weighted by atomic mass is 9.40. The van der Waals surface area contributed by atoms with Gasteiger partial charge in [0.15, 0.2) is 23.4 Å². The molecule has 5 atom stereocenters. The summed E-state index contributed by atoms with van der Waals surface area (Å²) in [6.07, 6.45) is 4.19. The number of piperidine rings is 1. The van der Waals surface area contributed by atoms with E-state index in [1.165, 1.54) is 11.1 Å². The quantitative estimate of drug-likeness (QED) is 0.898. The number of hydrogen-bond acceptors (Lipinski definition) is 4. The average molecular weight is 341 g/mol. The largest absolute Gasteiger partial charge is 0.504 e. The smallest absolute Gasteiger partial charge is 0.174 e. The first-order valence-electron chi connectivity index (χ1n) is 9.72. The van der Waals surface area contributed by atoms with Crippen LogP contribution < -0.4 is 4.74 Å². The van der Waals surface area contributed by atoms with Gasteiger partial charge in [0.2, 0.25) is 0 Å². The van der Waals surface area contributed by atoms with Gasteiger partial charge in [-0.1, -0.05) is 26.3 Å². The molecule has 5 unspecified atom stereocenters. The number of phenolic OH excluding ortho intramolecular Hbond substituents is 1. The molecule has 1 N–H and O–H groups in total. The number of nitrogens with zero attached hydrogens (tertiary/aromatic N) is 1. The van der Waals surface area contributed by atoms with E-state index in [0.29, 0.717) is 24.1 Å². The molecule has 1 aromatic carbocycles. The maximum absolute atomic E-state index is 12.9. The molecule has 1 aromatic rings. The monoisotopic (exact) mass is 341 g/mol. The second-order valence-corrected chi connectivity index (χ2v) is 8.68. The predicted molar refractivity (Wildman–Crippen MR) is 95.1 cm³/mol. The zero-order valence-electron chi connectivity index (χ0n) is 15.3. The SMILES string of the molecule is CCC(C)C12CCC(=O)C3Oc4c(O)ccc5c4C31CCN(C)C2C5. The van der Waals surface area contributed by atoms with E-state index in [0.717, 1.165) is 32.2 Å². The molecule has 0 aromatic heterocycles. The molecule has 2 fully saturated rings. The summed E-state index contributed by atoms with van der Waals surface area (Å²) in [4.78, 5) is 15.5. The molecule has 4 aliphatic rings. The van der Waals surface area contributed by atoms with Gasteiger partial charge in [-0.05, 0) is 50.4 Å². The number of phenols is 1. The van der Waals surface area contributed by atoms with E-state index >= 15 is 0 Å². The Bertz CT molecular complexity index is 775. The van der Waals surface area contributed by atoms with Crippen molar-refractivity contribution in [3.8, 4) is 11.5 Å². The first-order chi connectivity index (χ1) is 12.0. The van der Waals surface area contributed by atoms with Crippen LogP contribution in [0.15, 0.2) is 12.1 Å². The summed E-state index contributed by atoms with van der Waals surface area (Å²) in [5.74, 6) is 1.55. The Morgan fingerprint density at radius 2 is 2.20 bits per heavy atom. The Balaban J connectivity index is 1.88. The molecule has 4 nitrogen and oxygen atoms in total. The summed E-state index contributed by atoms with van der Waals surface area (Å²) in [5.41, 5.74) is 2.26. The average Bonchev–Trinajstić information content (AvgIpc) is 2.97. The third kappa shape index (κ3) is 1.53. The molecule has 25 heavy (non-hydrogen) atoms. The van der Waals surface area contributed by atoms with E-state index in [9.17, 15) is 9.90 Å². The van der Waals surface area contributed by atoms with Gasteiger partial charge in [-0.3, -0.25) is 4.79 Å². The lowest BCUT2D eigenvalue weighted by molar-refractivity contribution is -0.165. The summed E-state index contributed by atoms with van der Waals surface area (Å²) in [6, 6.07) is 4.25. The van der Waals surface area contributed by atoms with Crippen LogP contribution in [0, 0.1) is 11.3 Å². The molecule has 134 valence electrons. The Morgan fingerprint density at radius 1 is 1.40 bits per heavy atom. The Kier molecular flexibility index (Phi) is 3.00. The number of Topliss-reactive ketones (excluding diaryl/α,β-unsaturated/α-hetero) is 1. The van der Waals surface area contributed by atoms with Crippen LogP contribution in [0.25, 0.3) is 0 Å². The molecule has 1 saturated heterocycles. The number of carbonyl (C=O) groups excluding carboxylic acids is 1. The number of aromatic hydroxyl groups is 1. The number of likely N-dealkylation sites (N-methyl/N-ethyl adjacent to an activating group) is 1. The molecule has 0 radical (unpaired) electrons. The molecule has 4 heteroatoms. The summed E-state index contributed by atoms with van der Waals surface area (Å²) >= 11 is 0. The number of ketones is 1. The number of carbonyl (C=O) groups is 1. The minimum Gasteiger partial charge on any atom is -0.504 e. The van der Waals surface area contributed by atoms with Gasteiger partial charge in [-0.2, -0.15) is 0 Å². The van der Waals surface area contributed by atoms with Crippen molar-refractivity contribution in [3.63, 3.8) is 0 Å². The third-order valence-corrected chi connectivity index (χ3v) is 8.15. The van der Waals surface area contributed by atoms with Crippen LogP contribution in [-0.4, -0.2) is 41.5 Å². The van der Waals surface area contributed by atoms with Crippen LogP contribution in [0.2, 0.25) is 0 Å². The molecular weight excluding hydrogens is 314 g/mol. The second-order valence-electron chi connectivity index (χ2n) is 8.68. The van der Waals surface area contributed by atoms with E-state index < -0.39 is 6.10 Å². The van der Waals surface area contributed by atoms with E-state index in [1.807, 2.05) is 0 Å². The molecule has 1 saturated carbocycles. The number of hydrogen-bond donors (Lipinski definition) is 1. The first-order valence-corrected chi connectivity index (χ1v) is 9.72. The highest BCUT2D eigenvalue weighted by Gasteiger charge is 2.73. The van der Waals surface area contributed by atoms with Crippen molar-refractivity contribution in [2.45, 2.75) is 63.5 Å². The summed E-state index contributed by atoms with van der Waals surface area (Å²) in [5, 5.41) is 10.5. The highest BCUT2D eigenvalue weighted by Crippen LogP contribution is 2.70. The third-order valence-electron chi connectivity index (χ3n) is 8.15. The Morgan fingerprint density at radius 3 is 2.96 bits per heavy atom. The van der Waals surface area contributed by atoms with Crippen LogP contribution >= 0.6 is 0 Å². The van der Waals surface area contributed by atoms with Gasteiger partial charge < -0.3 is 14.7 Å². The molecule has 2 aliphatic heterocycles. The zero-order valence-corrected chi connectivity index (χ0v) is 15.3. The minimum absolute atomic E-state index is 0.0549. The van der Waals surface area contributed by atoms with E-state index in [-0.39, 0.29) is 22.4 Å². The van der Waals surface area contributed by atoms with Gasteiger partial charge in [0.1, 0.15) is 0 Å². The fourth-order valence-electron chi connectivity index (χ4n) is 7.02. The van der Waals surface area contributed by atoms with Crippen LogP contribution in [-0.2, 0) is 16.6 Å². The van der Waals surface area contributed by atoms with Crippen molar-refractivity contribution in [1.29, 1.82) is 0 Å². The topological polar surface area (TPSA) is 49.8 Å². The predicted octanol–water partition coefficient (Wildman–Crippen LogP) is 3.05. The van der Waals surface area contributed by atoms with E-state index in [2.05, 4.69) is 31.9 Å². The molecule has 0 amide bonds. The van der Waals surface area contributed by atoms with Crippen LogP contribution in [0.3, 0.4) is 0 Å². The Hall–Kier alpha value is -1.55. The number of rotatable bonds is 2. The van der Waals surface area contributed by atoms with Crippen molar-refractivity contribution in [2.75, 3.05) is 13.6 Å². The summed E-state index contributed by atoms with van der Waals surface area (Å²) < 4.78 is 6.26. The van der Waals surface area contributed by atoms with Gasteiger partial charge in [0.05, 0.1) is 5.41 Å². The molecule has 2 heterocycles. The van der Waals surface area contributed by atoms with Crippen LogP contribution in [0.5, 0.6) is 11.5 Å². The van der Waals surface area contributed by atoms with Crippen molar-refractivity contribution in [1.82, 2.24) is 4.90 Å². The summed E-state index contributed by atoms with van der Waals surface area (Å²) in [7, 11) is 2.25. The maximum atomic E-state index is 12.9. The molecule has 5 rings (SSSR count). The first kappa shape index (κ1) is 15.7. The second kappa shape index (κ2) is 4.79. The highest BCUT2D eigenvalue weighted by molar-refractivity contribution is 5.89. The van der Waals surface area contributed by atoms with E-state index in [1.54, 1.807) is 6.07 Å². The number of benzene rings is 1. The van der Waals surface area contributed by atoms with E-state index in [4.69, 9.17) is 4.74 Å². The van der Waals surface area contributed by atoms with Crippen molar-refractivity contribution < 1.29 is 14.6 Å². The molecule has 1 spiro atoms.